The Kier molecular flexibility index (Phi) is 2.09. The smallest absolute Gasteiger partial charge is 0.165 e. The molecule has 0 unspecified atom stereocenters. The first-order valence-corrected chi connectivity index (χ1v) is 5.58. The number of hydrogen-bond acceptors (Lipinski definition) is 3. The van der Waals surface area contributed by atoms with E-state index in [1.807, 2.05) is 30.3 Å². The number of phenolic OH excluding ortho intramolecular Hbond substituents is 2. The predicted molar refractivity (Wildman–Crippen MR) is 66.1 cm³/mol. The minimum Gasteiger partial charge on any atom is -0.504 e. The minimum absolute atomic E-state index is 0.0501. The van der Waals surface area contributed by atoms with E-state index in [9.17, 15) is 10.2 Å². The van der Waals surface area contributed by atoms with Crippen molar-refractivity contribution >= 4 is 0 Å². The Morgan fingerprint density at radius 1 is 1.00 bits per heavy atom. The monoisotopic (exact) mass is 227 g/mol. The maximum absolute atomic E-state index is 9.99. The summed E-state index contributed by atoms with van der Waals surface area (Å²) in [6.45, 7) is 0.494. The van der Waals surface area contributed by atoms with Gasteiger partial charge in [-0.2, -0.15) is 0 Å². The van der Waals surface area contributed by atoms with Crippen molar-refractivity contribution in [3.05, 3.63) is 47.5 Å². The van der Waals surface area contributed by atoms with Gasteiger partial charge in [-0.3, -0.25) is 0 Å². The molecule has 3 nitrogen and oxygen atoms in total. The van der Waals surface area contributed by atoms with Crippen molar-refractivity contribution in [3.63, 3.8) is 0 Å². The summed E-state index contributed by atoms with van der Waals surface area (Å²) < 4.78 is 0. The van der Waals surface area contributed by atoms with E-state index in [1.165, 1.54) is 6.07 Å². The molecule has 3 heteroatoms. The summed E-state index contributed by atoms with van der Waals surface area (Å²) >= 11 is 0. The van der Waals surface area contributed by atoms with Gasteiger partial charge in [0.1, 0.15) is 0 Å². The van der Waals surface area contributed by atoms with E-state index in [0.29, 0.717) is 6.54 Å². The summed E-state index contributed by atoms with van der Waals surface area (Å²) in [5, 5.41) is 19.6. The highest BCUT2D eigenvalue weighted by atomic mass is 16.3. The van der Waals surface area contributed by atoms with Crippen molar-refractivity contribution in [2.45, 2.75) is 5.92 Å². The van der Waals surface area contributed by atoms with Gasteiger partial charge in [0, 0.05) is 18.0 Å². The maximum atomic E-state index is 9.99. The Bertz CT molecular complexity index is 593. The largest absolute Gasteiger partial charge is 0.504 e. The molecule has 1 aliphatic carbocycles. The average molecular weight is 227 g/mol. The number of rotatable bonds is 1. The van der Waals surface area contributed by atoms with Crippen molar-refractivity contribution in [1.29, 1.82) is 0 Å². The van der Waals surface area contributed by atoms with Crippen LogP contribution in [-0.4, -0.2) is 16.8 Å². The molecular weight excluding hydrogens is 214 g/mol. The van der Waals surface area contributed by atoms with Gasteiger partial charge in [0.15, 0.2) is 11.5 Å². The third kappa shape index (κ3) is 1.26. The molecule has 0 heterocycles. The van der Waals surface area contributed by atoms with Crippen LogP contribution in [0.5, 0.6) is 11.5 Å². The van der Waals surface area contributed by atoms with E-state index in [2.05, 4.69) is 0 Å². The Labute approximate surface area is 99.1 Å². The van der Waals surface area contributed by atoms with Crippen LogP contribution >= 0.6 is 0 Å². The summed E-state index contributed by atoms with van der Waals surface area (Å²) in [5.74, 6) is -0.0326. The van der Waals surface area contributed by atoms with Crippen LogP contribution in [0.4, 0.5) is 0 Å². The van der Waals surface area contributed by atoms with E-state index in [-0.39, 0.29) is 17.4 Å². The topological polar surface area (TPSA) is 66.5 Å². The molecule has 0 amide bonds. The first-order chi connectivity index (χ1) is 8.24. The first-order valence-electron chi connectivity index (χ1n) is 5.58. The Hall–Kier alpha value is -2.00. The summed E-state index contributed by atoms with van der Waals surface area (Å²) in [7, 11) is 0. The van der Waals surface area contributed by atoms with Gasteiger partial charge >= 0.3 is 0 Å². The van der Waals surface area contributed by atoms with Crippen molar-refractivity contribution in [3.8, 4) is 22.6 Å². The van der Waals surface area contributed by atoms with Gasteiger partial charge in [0.2, 0.25) is 0 Å². The molecule has 4 N–H and O–H groups in total. The third-order valence-electron chi connectivity index (χ3n) is 3.41. The van der Waals surface area contributed by atoms with Gasteiger partial charge < -0.3 is 15.9 Å². The number of aromatic hydroxyl groups is 2. The Morgan fingerprint density at radius 2 is 1.76 bits per heavy atom. The molecule has 2 aromatic carbocycles. The van der Waals surface area contributed by atoms with Crippen molar-refractivity contribution in [2.75, 3.05) is 6.54 Å². The molecule has 0 fully saturated rings. The fourth-order valence-corrected chi connectivity index (χ4v) is 2.62. The summed E-state index contributed by atoms with van der Waals surface area (Å²) in [6, 6.07) is 11.2. The molecule has 0 bridgehead atoms. The normalized spacial score (nSPS) is 16.6. The van der Waals surface area contributed by atoms with E-state index in [0.717, 1.165) is 22.3 Å². The van der Waals surface area contributed by atoms with E-state index in [4.69, 9.17) is 5.73 Å². The van der Waals surface area contributed by atoms with Crippen LogP contribution in [0.2, 0.25) is 0 Å². The fraction of sp³-hybridized carbons (Fsp3) is 0.143. The van der Waals surface area contributed by atoms with Gasteiger partial charge in [0.05, 0.1) is 0 Å². The Morgan fingerprint density at radius 3 is 2.53 bits per heavy atom. The van der Waals surface area contributed by atoms with Crippen molar-refractivity contribution in [1.82, 2.24) is 0 Å². The van der Waals surface area contributed by atoms with Crippen LogP contribution in [0.15, 0.2) is 36.4 Å². The van der Waals surface area contributed by atoms with Crippen LogP contribution in [0.25, 0.3) is 11.1 Å². The fourth-order valence-electron chi connectivity index (χ4n) is 2.62. The summed E-state index contributed by atoms with van der Waals surface area (Å²) in [6.07, 6.45) is 0. The highest BCUT2D eigenvalue weighted by Crippen LogP contribution is 2.50. The number of benzene rings is 2. The molecule has 17 heavy (non-hydrogen) atoms. The summed E-state index contributed by atoms with van der Waals surface area (Å²) in [4.78, 5) is 0. The molecule has 0 saturated heterocycles. The second-order valence-electron chi connectivity index (χ2n) is 4.27. The third-order valence-corrected chi connectivity index (χ3v) is 3.41. The SMILES string of the molecule is NC[C@H]1c2ccccc2-c2c1ccc(O)c2O. The zero-order valence-corrected chi connectivity index (χ0v) is 9.22. The second-order valence-corrected chi connectivity index (χ2v) is 4.27. The molecule has 1 atom stereocenters. The first kappa shape index (κ1) is 10.2. The van der Waals surface area contributed by atoms with Crippen molar-refractivity contribution < 1.29 is 10.2 Å². The van der Waals surface area contributed by atoms with E-state index >= 15 is 0 Å². The standard InChI is InChI=1S/C14H13NO2/c15-7-11-8-3-1-2-4-9(8)13-10(11)5-6-12(16)14(13)17/h1-6,11,16-17H,7,15H2/t11-/m0/s1. The van der Waals surface area contributed by atoms with Crippen molar-refractivity contribution in [2.24, 2.45) is 5.73 Å². The van der Waals surface area contributed by atoms with Gasteiger partial charge in [-0.25, -0.2) is 0 Å². The van der Waals surface area contributed by atoms with E-state index < -0.39 is 0 Å². The number of fused-ring (bicyclic) bond motifs is 3. The number of hydrogen-bond donors (Lipinski definition) is 3. The molecule has 0 aromatic heterocycles. The van der Waals surface area contributed by atoms with Gasteiger partial charge in [0.25, 0.3) is 0 Å². The molecule has 0 spiro atoms. The lowest BCUT2D eigenvalue weighted by Gasteiger charge is -2.10. The predicted octanol–water partition coefficient (Wildman–Crippen LogP) is 2.17. The molecule has 0 aliphatic heterocycles. The minimum atomic E-state index is -0.0868. The highest BCUT2D eigenvalue weighted by molar-refractivity contribution is 5.85. The van der Waals surface area contributed by atoms with Gasteiger partial charge in [-0.05, 0) is 22.8 Å². The molecule has 0 saturated carbocycles. The van der Waals surface area contributed by atoms with Crippen LogP contribution in [0.1, 0.15) is 17.0 Å². The Balaban J connectivity index is 2.36. The van der Waals surface area contributed by atoms with Crippen LogP contribution in [-0.2, 0) is 0 Å². The lowest BCUT2D eigenvalue weighted by Crippen LogP contribution is -2.10. The molecule has 3 rings (SSSR count). The lowest BCUT2D eigenvalue weighted by molar-refractivity contribution is 0.405. The second kappa shape index (κ2) is 3.50. The van der Waals surface area contributed by atoms with Crippen LogP contribution < -0.4 is 5.73 Å². The van der Waals surface area contributed by atoms with Crippen LogP contribution in [0, 0.1) is 0 Å². The number of nitrogens with two attached hydrogens (primary N) is 1. The molecule has 0 radical (unpaired) electrons. The summed E-state index contributed by atoms with van der Waals surface area (Å²) in [5.41, 5.74) is 9.60. The van der Waals surface area contributed by atoms with Gasteiger partial charge in [-0.1, -0.05) is 30.3 Å². The van der Waals surface area contributed by atoms with E-state index in [1.54, 1.807) is 0 Å². The zero-order valence-electron chi connectivity index (χ0n) is 9.22. The number of phenols is 2. The molecule has 1 aliphatic rings. The lowest BCUT2D eigenvalue weighted by atomic mass is 9.97. The van der Waals surface area contributed by atoms with Crippen LogP contribution in [0.3, 0.4) is 0 Å². The average Bonchev–Trinajstić information content (AvgIpc) is 2.68. The van der Waals surface area contributed by atoms with Gasteiger partial charge in [-0.15, -0.1) is 0 Å². The highest BCUT2D eigenvalue weighted by Gasteiger charge is 2.30. The molecular formula is C14H13NO2. The molecule has 86 valence electrons. The quantitative estimate of drug-likeness (QED) is 0.654. The zero-order chi connectivity index (χ0) is 12.0. The maximum Gasteiger partial charge on any atom is 0.165 e. The molecule has 2 aromatic rings.